The van der Waals surface area contributed by atoms with Gasteiger partial charge in [0, 0.05) is 17.5 Å². The monoisotopic (exact) mass is 324 g/mol. The normalized spacial score (nSPS) is 11.1. The van der Waals surface area contributed by atoms with E-state index in [4.69, 9.17) is 0 Å². The molecule has 0 aromatic heterocycles. The lowest BCUT2D eigenvalue weighted by Gasteiger charge is -2.15. The quantitative estimate of drug-likeness (QED) is 0.390. The summed E-state index contributed by atoms with van der Waals surface area (Å²) in [6, 6.07) is 25.1. The summed E-state index contributed by atoms with van der Waals surface area (Å²) < 4.78 is 0. The fraction of sp³-hybridized carbons (Fsp3) is 0.125. The number of aryl methyl sites for hydroxylation is 1. The smallest absolute Gasteiger partial charge is 0.163 e. The van der Waals surface area contributed by atoms with Crippen LogP contribution in [0.4, 0.5) is 0 Å². The van der Waals surface area contributed by atoms with Gasteiger partial charge in [0.15, 0.2) is 5.78 Å². The molecule has 0 heterocycles. The standard InChI is InChI=1S/C24H20O/c1-3-23(25)22-15-13-17-8-4-5-10-19(17)24(22)21-14-12-16(2)18-9-6-7-11-20(18)21/h4-15H,3H2,1-2H3. The van der Waals surface area contributed by atoms with Crippen LogP contribution in [0.2, 0.25) is 0 Å². The molecule has 0 bridgehead atoms. The third kappa shape index (κ3) is 2.53. The molecular weight excluding hydrogens is 304 g/mol. The van der Waals surface area contributed by atoms with Crippen LogP contribution < -0.4 is 0 Å². The number of benzene rings is 4. The van der Waals surface area contributed by atoms with E-state index in [9.17, 15) is 4.79 Å². The molecule has 0 aliphatic rings. The first-order valence-electron chi connectivity index (χ1n) is 8.74. The summed E-state index contributed by atoms with van der Waals surface area (Å²) in [6.07, 6.45) is 0.509. The van der Waals surface area contributed by atoms with Gasteiger partial charge in [-0.15, -0.1) is 0 Å². The van der Waals surface area contributed by atoms with Crippen molar-refractivity contribution in [3.63, 3.8) is 0 Å². The largest absolute Gasteiger partial charge is 0.294 e. The molecule has 0 aliphatic carbocycles. The van der Waals surface area contributed by atoms with Crippen molar-refractivity contribution in [1.82, 2.24) is 0 Å². The van der Waals surface area contributed by atoms with Crippen molar-refractivity contribution >= 4 is 27.3 Å². The molecule has 4 aromatic carbocycles. The third-order valence-electron chi connectivity index (χ3n) is 4.96. The Morgan fingerprint density at radius 1 is 0.760 bits per heavy atom. The van der Waals surface area contributed by atoms with Crippen LogP contribution in [0.15, 0.2) is 72.8 Å². The maximum atomic E-state index is 12.7. The van der Waals surface area contributed by atoms with Crippen LogP contribution >= 0.6 is 0 Å². The summed E-state index contributed by atoms with van der Waals surface area (Å²) in [5.74, 6) is 0.186. The Hall–Kier alpha value is -2.93. The van der Waals surface area contributed by atoms with Gasteiger partial charge in [-0.05, 0) is 39.6 Å². The lowest BCUT2D eigenvalue weighted by molar-refractivity contribution is 0.0989. The Bertz CT molecular complexity index is 1110. The number of Topliss-reactive ketones (excluding diaryl/α,β-unsaturated/α-hetero) is 1. The number of carbonyl (C=O) groups excluding carboxylic acids is 1. The SMILES string of the molecule is CCC(=O)c1ccc2ccccc2c1-c1ccc(C)c2ccccc12. The molecule has 0 atom stereocenters. The molecule has 1 heteroatoms. The molecular formula is C24H20O. The fourth-order valence-corrected chi connectivity index (χ4v) is 3.65. The van der Waals surface area contributed by atoms with Gasteiger partial charge in [-0.25, -0.2) is 0 Å². The minimum Gasteiger partial charge on any atom is -0.294 e. The maximum Gasteiger partial charge on any atom is 0.163 e. The average molecular weight is 324 g/mol. The van der Waals surface area contributed by atoms with Crippen molar-refractivity contribution in [2.45, 2.75) is 20.3 Å². The van der Waals surface area contributed by atoms with E-state index in [1.807, 2.05) is 25.1 Å². The lowest BCUT2D eigenvalue weighted by Crippen LogP contribution is -2.01. The number of rotatable bonds is 3. The van der Waals surface area contributed by atoms with Crippen LogP contribution in [-0.4, -0.2) is 5.78 Å². The van der Waals surface area contributed by atoms with Gasteiger partial charge in [-0.3, -0.25) is 4.79 Å². The van der Waals surface area contributed by atoms with Crippen LogP contribution in [0.5, 0.6) is 0 Å². The molecule has 122 valence electrons. The lowest BCUT2D eigenvalue weighted by atomic mass is 9.87. The molecule has 0 saturated heterocycles. The van der Waals surface area contributed by atoms with Crippen molar-refractivity contribution in [2.24, 2.45) is 0 Å². The minimum absolute atomic E-state index is 0.186. The van der Waals surface area contributed by atoms with Gasteiger partial charge >= 0.3 is 0 Å². The van der Waals surface area contributed by atoms with E-state index in [2.05, 4.69) is 61.5 Å². The van der Waals surface area contributed by atoms with Gasteiger partial charge in [0.25, 0.3) is 0 Å². The van der Waals surface area contributed by atoms with Crippen LogP contribution in [0.3, 0.4) is 0 Å². The Morgan fingerprint density at radius 2 is 1.44 bits per heavy atom. The van der Waals surface area contributed by atoms with Gasteiger partial charge in [0.1, 0.15) is 0 Å². The Morgan fingerprint density at radius 3 is 2.20 bits per heavy atom. The first-order chi connectivity index (χ1) is 12.2. The average Bonchev–Trinajstić information content (AvgIpc) is 2.67. The fourth-order valence-electron chi connectivity index (χ4n) is 3.65. The molecule has 0 amide bonds. The van der Waals surface area contributed by atoms with E-state index in [-0.39, 0.29) is 5.78 Å². The molecule has 1 nitrogen and oxygen atoms in total. The molecule has 4 aromatic rings. The highest BCUT2D eigenvalue weighted by atomic mass is 16.1. The Balaban J connectivity index is 2.17. The zero-order valence-electron chi connectivity index (χ0n) is 14.5. The molecule has 0 unspecified atom stereocenters. The number of fused-ring (bicyclic) bond motifs is 2. The number of hydrogen-bond donors (Lipinski definition) is 0. The van der Waals surface area contributed by atoms with Crippen LogP contribution in [0.25, 0.3) is 32.7 Å². The predicted octanol–water partition coefficient (Wildman–Crippen LogP) is 6.56. The zero-order chi connectivity index (χ0) is 17.4. The van der Waals surface area contributed by atoms with Crippen LogP contribution in [-0.2, 0) is 0 Å². The van der Waals surface area contributed by atoms with Crippen molar-refractivity contribution < 1.29 is 4.79 Å². The minimum atomic E-state index is 0.186. The zero-order valence-corrected chi connectivity index (χ0v) is 14.5. The first kappa shape index (κ1) is 15.6. The van der Waals surface area contributed by atoms with Gasteiger partial charge < -0.3 is 0 Å². The van der Waals surface area contributed by atoms with Gasteiger partial charge in [0.05, 0.1) is 0 Å². The van der Waals surface area contributed by atoms with Crippen molar-refractivity contribution in [3.05, 3.63) is 83.9 Å². The second kappa shape index (κ2) is 6.18. The molecule has 0 N–H and O–H groups in total. The highest BCUT2D eigenvalue weighted by Crippen LogP contribution is 2.38. The van der Waals surface area contributed by atoms with E-state index < -0.39 is 0 Å². The summed E-state index contributed by atoms with van der Waals surface area (Å²) in [6.45, 7) is 4.06. The van der Waals surface area contributed by atoms with E-state index in [1.54, 1.807) is 0 Å². The second-order valence-corrected chi connectivity index (χ2v) is 6.46. The molecule has 0 spiro atoms. The number of ketones is 1. The van der Waals surface area contributed by atoms with Crippen LogP contribution in [0, 0.1) is 6.92 Å². The Kier molecular flexibility index (Phi) is 3.85. The first-order valence-corrected chi connectivity index (χ1v) is 8.74. The molecule has 0 fully saturated rings. The van der Waals surface area contributed by atoms with E-state index in [0.29, 0.717) is 6.42 Å². The molecule has 0 aliphatic heterocycles. The van der Waals surface area contributed by atoms with E-state index in [1.165, 1.54) is 16.3 Å². The Labute approximate surface area is 147 Å². The van der Waals surface area contributed by atoms with Crippen molar-refractivity contribution in [2.75, 3.05) is 0 Å². The summed E-state index contributed by atoms with van der Waals surface area (Å²) >= 11 is 0. The predicted molar refractivity (Wildman–Crippen MR) is 106 cm³/mol. The number of hydrogen-bond acceptors (Lipinski definition) is 1. The summed E-state index contributed by atoms with van der Waals surface area (Å²) in [5, 5.41) is 4.73. The molecule has 0 radical (unpaired) electrons. The van der Waals surface area contributed by atoms with Crippen LogP contribution in [0.1, 0.15) is 29.3 Å². The molecule has 4 rings (SSSR count). The maximum absolute atomic E-state index is 12.7. The summed E-state index contributed by atoms with van der Waals surface area (Å²) in [4.78, 5) is 12.7. The van der Waals surface area contributed by atoms with E-state index in [0.717, 1.165) is 27.5 Å². The third-order valence-corrected chi connectivity index (χ3v) is 4.96. The molecule has 0 saturated carbocycles. The van der Waals surface area contributed by atoms with Gasteiger partial charge in [-0.1, -0.05) is 79.7 Å². The summed E-state index contributed by atoms with van der Waals surface area (Å²) in [7, 11) is 0. The molecule has 25 heavy (non-hydrogen) atoms. The van der Waals surface area contributed by atoms with Crippen molar-refractivity contribution in [3.8, 4) is 11.1 Å². The van der Waals surface area contributed by atoms with Gasteiger partial charge in [-0.2, -0.15) is 0 Å². The number of carbonyl (C=O) groups is 1. The van der Waals surface area contributed by atoms with Crippen molar-refractivity contribution in [1.29, 1.82) is 0 Å². The second-order valence-electron chi connectivity index (χ2n) is 6.46. The topological polar surface area (TPSA) is 17.1 Å². The summed E-state index contributed by atoms with van der Waals surface area (Å²) in [5.41, 5.74) is 4.26. The van der Waals surface area contributed by atoms with E-state index >= 15 is 0 Å². The highest BCUT2D eigenvalue weighted by molar-refractivity contribution is 6.14. The van der Waals surface area contributed by atoms with Gasteiger partial charge in [0.2, 0.25) is 0 Å². The highest BCUT2D eigenvalue weighted by Gasteiger charge is 2.17.